The maximum atomic E-state index is 3.75. The molecule has 1 atom stereocenters. The number of thiophene rings is 1. The van der Waals surface area contributed by atoms with Crippen LogP contribution < -0.4 is 5.32 Å². The van der Waals surface area contributed by atoms with Gasteiger partial charge in [0.2, 0.25) is 0 Å². The largest absolute Gasteiger partial charge is 0.314 e. The van der Waals surface area contributed by atoms with Crippen molar-refractivity contribution in [3.05, 3.63) is 20.8 Å². The van der Waals surface area contributed by atoms with E-state index < -0.39 is 0 Å². The zero-order valence-corrected chi connectivity index (χ0v) is 15.2. The van der Waals surface area contributed by atoms with Crippen molar-refractivity contribution in [2.45, 2.75) is 64.8 Å². The van der Waals surface area contributed by atoms with Crippen LogP contribution in [0.4, 0.5) is 0 Å². The van der Waals surface area contributed by atoms with Crippen molar-refractivity contribution in [3.8, 4) is 0 Å². The van der Waals surface area contributed by atoms with Gasteiger partial charge in [0, 0.05) is 15.4 Å². The summed E-state index contributed by atoms with van der Waals surface area (Å²) in [6.07, 6.45) is 9.73. The monoisotopic (exact) mass is 357 g/mol. The van der Waals surface area contributed by atoms with Gasteiger partial charge in [0.15, 0.2) is 0 Å². The van der Waals surface area contributed by atoms with Crippen LogP contribution in [0, 0.1) is 11.8 Å². The smallest absolute Gasteiger partial charge is 0.0314 e. The number of hydrogen-bond acceptors (Lipinski definition) is 2. The van der Waals surface area contributed by atoms with Crippen LogP contribution in [0.2, 0.25) is 0 Å². The van der Waals surface area contributed by atoms with Crippen LogP contribution in [0.15, 0.2) is 15.9 Å². The van der Waals surface area contributed by atoms with Crippen LogP contribution in [0.5, 0.6) is 0 Å². The molecule has 0 aliphatic heterocycles. The van der Waals surface area contributed by atoms with E-state index in [-0.39, 0.29) is 0 Å². The molecule has 1 unspecified atom stereocenters. The first-order chi connectivity index (χ1) is 9.74. The number of hydrogen-bond donors (Lipinski definition) is 1. The Morgan fingerprint density at radius 2 is 2.05 bits per heavy atom. The van der Waals surface area contributed by atoms with E-state index in [2.05, 4.69) is 46.5 Å². The molecule has 114 valence electrons. The molecule has 0 bridgehead atoms. The molecular formula is C17H28BrNS. The van der Waals surface area contributed by atoms with Crippen LogP contribution in [0.3, 0.4) is 0 Å². The summed E-state index contributed by atoms with van der Waals surface area (Å²) in [7, 11) is 0. The van der Waals surface area contributed by atoms with Gasteiger partial charge < -0.3 is 5.32 Å². The molecule has 0 radical (unpaired) electrons. The van der Waals surface area contributed by atoms with Crippen molar-refractivity contribution in [2.24, 2.45) is 11.8 Å². The number of nitrogens with one attached hydrogen (secondary N) is 1. The van der Waals surface area contributed by atoms with E-state index >= 15 is 0 Å². The Bertz CT molecular complexity index is 382. The van der Waals surface area contributed by atoms with Crippen molar-refractivity contribution < 1.29 is 0 Å². The summed E-state index contributed by atoms with van der Waals surface area (Å²) in [5.74, 6) is 1.88. The van der Waals surface area contributed by atoms with Gasteiger partial charge in [-0.2, -0.15) is 0 Å². The van der Waals surface area contributed by atoms with Crippen molar-refractivity contribution >= 4 is 27.3 Å². The summed E-state index contributed by atoms with van der Waals surface area (Å²) >= 11 is 5.57. The topological polar surface area (TPSA) is 12.0 Å². The minimum Gasteiger partial charge on any atom is -0.314 e. The third-order valence-electron chi connectivity index (χ3n) is 4.72. The van der Waals surface area contributed by atoms with E-state index in [1.165, 1.54) is 54.3 Å². The number of likely N-dealkylation sites (N-methyl/N-ethyl adjacent to an activating group) is 1. The molecular weight excluding hydrogens is 330 g/mol. The van der Waals surface area contributed by atoms with Gasteiger partial charge in [-0.15, -0.1) is 11.3 Å². The molecule has 0 amide bonds. The van der Waals surface area contributed by atoms with Gasteiger partial charge in [0.05, 0.1) is 0 Å². The highest BCUT2D eigenvalue weighted by Gasteiger charge is 2.27. The maximum Gasteiger partial charge on any atom is 0.0314 e. The molecule has 0 spiro atoms. The first-order valence-electron chi connectivity index (χ1n) is 8.19. The maximum absolute atomic E-state index is 3.75. The average molecular weight is 358 g/mol. The highest BCUT2D eigenvalue weighted by Crippen LogP contribution is 2.35. The Labute approximate surface area is 136 Å². The number of halogens is 1. The molecule has 3 heteroatoms. The Morgan fingerprint density at radius 1 is 1.30 bits per heavy atom. The summed E-state index contributed by atoms with van der Waals surface area (Å²) in [4.78, 5) is 1.51. The van der Waals surface area contributed by atoms with Gasteiger partial charge in [0.25, 0.3) is 0 Å². The van der Waals surface area contributed by atoms with Gasteiger partial charge >= 0.3 is 0 Å². The summed E-state index contributed by atoms with van der Waals surface area (Å²) in [6, 6.07) is 2.85. The molecule has 1 nitrogen and oxygen atoms in total. The predicted molar refractivity (Wildman–Crippen MR) is 93.5 cm³/mol. The molecule has 1 heterocycles. The van der Waals surface area contributed by atoms with Crippen molar-refractivity contribution in [3.63, 3.8) is 0 Å². The first kappa shape index (κ1) is 16.5. The standard InChI is InChI=1S/C17H28BrNS/c1-3-5-13-6-8-14(9-7-13)16(19-4-2)12-17-15(18)10-11-20-17/h10-11,13-14,16,19H,3-9,12H2,1-2H3. The second-order valence-corrected chi connectivity index (χ2v) is 7.98. The minimum atomic E-state index is 0.664. The second kappa shape index (κ2) is 8.55. The van der Waals surface area contributed by atoms with E-state index in [0.29, 0.717) is 6.04 Å². The molecule has 1 N–H and O–H groups in total. The molecule has 1 saturated carbocycles. The van der Waals surface area contributed by atoms with Crippen LogP contribution >= 0.6 is 27.3 Å². The quantitative estimate of drug-likeness (QED) is 0.665. The summed E-state index contributed by atoms with van der Waals surface area (Å²) in [5, 5.41) is 5.95. The SMILES string of the molecule is CCCC1CCC(C(Cc2sccc2Br)NCC)CC1. The van der Waals surface area contributed by atoms with Gasteiger partial charge in [-0.1, -0.05) is 39.5 Å². The Hall–Kier alpha value is 0.140. The van der Waals surface area contributed by atoms with Crippen molar-refractivity contribution in [1.29, 1.82) is 0 Å². The summed E-state index contributed by atoms with van der Waals surface area (Å²) in [6.45, 7) is 5.64. The number of rotatable bonds is 7. The fourth-order valence-corrected chi connectivity index (χ4v) is 5.20. The molecule has 1 fully saturated rings. The fraction of sp³-hybridized carbons (Fsp3) is 0.765. The zero-order chi connectivity index (χ0) is 14.4. The lowest BCUT2D eigenvalue weighted by Crippen LogP contribution is -2.39. The third kappa shape index (κ3) is 4.57. The van der Waals surface area contributed by atoms with Gasteiger partial charge in [-0.25, -0.2) is 0 Å². The lowest BCUT2D eigenvalue weighted by Gasteiger charge is -2.34. The molecule has 20 heavy (non-hydrogen) atoms. The van der Waals surface area contributed by atoms with Crippen molar-refractivity contribution in [2.75, 3.05) is 6.54 Å². The highest BCUT2D eigenvalue weighted by atomic mass is 79.9. The fourth-order valence-electron chi connectivity index (χ4n) is 3.63. The molecule has 1 aromatic heterocycles. The van der Waals surface area contributed by atoms with Crippen LogP contribution in [0.1, 0.15) is 57.2 Å². The third-order valence-corrected chi connectivity index (χ3v) is 6.67. The Morgan fingerprint density at radius 3 is 2.60 bits per heavy atom. The van der Waals surface area contributed by atoms with E-state index in [0.717, 1.165) is 18.4 Å². The molecule has 1 aliphatic carbocycles. The first-order valence-corrected chi connectivity index (χ1v) is 9.87. The van der Waals surface area contributed by atoms with Crippen LogP contribution in [0.25, 0.3) is 0 Å². The molecule has 2 rings (SSSR count). The average Bonchev–Trinajstić information content (AvgIpc) is 2.85. The van der Waals surface area contributed by atoms with Gasteiger partial charge in [-0.3, -0.25) is 0 Å². The minimum absolute atomic E-state index is 0.664. The molecule has 1 aromatic rings. The lowest BCUT2D eigenvalue weighted by molar-refractivity contribution is 0.214. The van der Waals surface area contributed by atoms with E-state index in [1.54, 1.807) is 0 Å². The zero-order valence-electron chi connectivity index (χ0n) is 12.8. The molecule has 1 aliphatic rings. The van der Waals surface area contributed by atoms with E-state index in [4.69, 9.17) is 0 Å². The summed E-state index contributed by atoms with van der Waals surface area (Å²) in [5.41, 5.74) is 0. The predicted octanol–water partition coefficient (Wildman–Crippen LogP) is 5.64. The van der Waals surface area contributed by atoms with Crippen molar-refractivity contribution in [1.82, 2.24) is 5.32 Å². The second-order valence-electron chi connectivity index (χ2n) is 6.13. The van der Waals surface area contributed by atoms with E-state index in [9.17, 15) is 0 Å². The normalized spacial score (nSPS) is 24.8. The van der Waals surface area contributed by atoms with E-state index in [1.807, 2.05) is 11.3 Å². The Balaban J connectivity index is 1.90. The highest BCUT2D eigenvalue weighted by molar-refractivity contribution is 9.10. The van der Waals surface area contributed by atoms with Gasteiger partial charge in [0.1, 0.15) is 0 Å². The lowest BCUT2D eigenvalue weighted by atomic mass is 9.76. The summed E-state index contributed by atoms with van der Waals surface area (Å²) < 4.78 is 1.30. The molecule has 0 saturated heterocycles. The molecule has 0 aromatic carbocycles. The van der Waals surface area contributed by atoms with Crippen LogP contribution in [-0.4, -0.2) is 12.6 Å². The Kier molecular flexibility index (Phi) is 7.06. The van der Waals surface area contributed by atoms with Crippen LogP contribution in [-0.2, 0) is 6.42 Å². The van der Waals surface area contributed by atoms with Gasteiger partial charge in [-0.05, 0) is 65.0 Å².